The van der Waals surface area contributed by atoms with Gasteiger partial charge in [0, 0.05) is 0 Å². The lowest BCUT2D eigenvalue weighted by Gasteiger charge is -2.31. The van der Waals surface area contributed by atoms with Crippen molar-refractivity contribution < 1.29 is 4.79 Å². The molecule has 0 atom stereocenters. The van der Waals surface area contributed by atoms with Crippen molar-refractivity contribution in [3.05, 3.63) is 0 Å². The van der Waals surface area contributed by atoms with Gasteiger partial charge in [0.15, 0.2) is 0 Å². The van der Waals surface area contributed by atoms with Crippen molar-refractivity contribution in [2.24, 2.45) is 5.73 Å². The second-order valence-corrected chi connectivity index (χ2v) is 3.91. The molecule has 0 aliphatic heterocycles. The van der Waals surface area contributed by atoms with Crippen LogP contribution in [-0.4, -0.2) is 32.1 Å². The van der Waals surface area contributed by atoms with E-state index in [4.69, 9.17) is 5.73 Å². The highest BCUT2D eigenvalue weighted by atomic mass is 35.5. The Kier molecular flexibility index (Phi) is 4.19. The van der Waals surface area contributed by atoms with Gasteiger partial charge in [-0.25, -0.2) is 0 Å². The van der Waals surface area contributed by atoms with Gasteiger partial charge in [-0.2, -0.15) is 5.21 Å². The monoisotopic (exact) mass is 246 g/mol. The number of carbonyl (C=O) groups excluding carboxylic acids is 1. The van der Waals surface area contributed by atoms with E-state index < -0.39 is 5.54 Å². The highest BCUT2D eigenvalue weighted by Gasteiger charge is 2.35. The molecular weight excluding hydrogens is 232 g/mol. The molecule has 0 unspecified atom stereocenters. The van der Waals surface area contributed by atoms with Crippen LogP contribution in [0.25, 0.3) is 0 Å². The van der Waals surface area contributed by atoms with Crippen LogP contribution in [0.2, 0.25) is 0 Å². The van der Waals surface area contributed by atoms with Crippen molar-refractivity contribution in [1.82, 2.24) is 20.6 Å². The minimum atomic E-state index is -0.765. The normalized spacial score (nSPS) is 18.6. The van der Waals surface area contributed by atoms with Crippen molar-refractivity contribution >= 4 is 24.3 Å². The Bertz CT molecular complexity index is 334. The Hall–Kier alpha value is -1.21. The van der Waals surface area contributed by atoms with Crippen LogP contribution < -0.4 is 11.1 Å². The number of aromatic amines is 1. The lowest BCUT2D eigenvalue weighted by molar-refractivity contribution is -0.122. The zero-order valence-corrected chi connectivity index (χ0v) is 9.59. The van der Waals surface area contributed by atoms with Crippen LogP contribution in [0, 0.1) is 0 Å². The summed E-state index contributed by atoms with van der Waals surface area (Å²) < 4.78 is 0. The fourth-order valence-electron chi connectivity index (χ4n) is 1.85. The summed E-state index contributed by atoms with van der Waals surface area (Å²) in [5, 5.41) is 15.5. The van der Waals surface area contributed by atoms with Crippen LogP contribution in [0.4, 0.5) is 5.95 Å². The molecule has 1 aromatic heterocycles. The number of halogens is 1. The predicted octanol–water partition coefficient (Wildman–Crippen LogP) is 0.222. The van der Waals surface area contributed by atoms with Gasteiger partial charge in [-0.05, 0) is 18.1 Å². The molecule has 0 spiro atoms. The van der Waals surface area contributed by atoms with Crippen molar-refractivity contribution in [2.75, 3.05) is 5.32 Å². The Balaban J connectivity index is 0.00000128. The zero-order chi connectivity index (χ0) is 10.7. The van der Waals surface area contributed by atoms with E-state index in [1.165, 1.54) is 0 Å². The molecule has 7 nitrogen and oxygen atoms in total. The molecule has 16 heavy (non-hydrogen) atoms. The predicted molar refractivity (Wildman–Crippen MR) is 60.1 cm³/mol. The molecule has 1 aromatic rings. The van der Waals surface area contributed by atoms with Crippen LogP contribution >= 0.6 is 12.4 Å². The van der Waals surface area contributed by atoms with E-state index in [1.807, 2.05) is 0 Å². The first-order chi connectivity index (χ1) is 7.21. The van der Waals surface area contributed by atoms with Crippen molar-refractivity contribution in [3.63, 3.8) is 0 Å². The van der Waals surface area contributed by atoms with E-state index in [2.05, 4.69) is 25.9 Å². The smallest absolute Gasteiger partial charge is 0.269 e. The molecule has 2 rings (SSSR count). The molecule has 8 heteroatoms. The van der Waals surface area contributed by atoms with Crippen LogP contribution in [0.3, 0.4) is 0 Å². The molecule has 1 heterocycles. The summed E-state index contributed by atoms with van der Waals surface area (Å²) in [6.45, 7) is 0. The number of aromatic nitrogens is 4. The number of H-pyrrole nitrogens is 1. The summed E-state index contributed by atoms with van der Waals surface area (Å²) in [6, 6.07) is 0. The highest BCUT2D eigenvalue weighted by molar-refractivity contribution is 5.96. The van der Waals surface area contributed by atoms with Gasteiger partial charge in [0.2, 0.25) is 5.91 Å². The second kappa shape index (κ2) is 5.22. The molecule has 0 aromatic carbocycles. The second-order valence-electron chi connectivity index (χ2n) is 3.91. The van der Waals surface area contributed by atoms with Crippen LogP contribution in [0.15, 0.2) is 0 Å². The molecular formula is C8H15ClN6O. The molecule has 90 valence electrons. The molecule has 4 N–H and O–H groups in total. The minimum Gasteiger partial charge on any atom is -0.317 e. The lowest BCUT2D eigenvalue weighted by atomic mass is 9.82. The van der Waals surface area contributed by atoms with Gasteiger partial charge in [0.1, 0.15) is 0 Å². The maximum Gasteiger partial charge on any atom is 0.269 e. The average Bonchev–Trinajstić information content (AvgIpc) is 2.71. The summed E-state index contributed by atoms with van der Waals surface area (Å²) in [7, 11) is 0. The molecule has 1 aliphatic carbocycles. The SMILES string of the molecule is Cl.NC1(C(=O)Nc2nn[nH]n2)CCCCC1. The number of hydrogen-bond donors (Lipinski definition) is 3. The number of nitrogens with one attached hydrogen (secondary N) is 2. The van der Waals surface area contributed by atoms with Gasteiger partial charge in [0.05, 0.1) is 5.54 Å². The third-order valence-corrected chi connectivity index (χ3v) is 2.77. The van der Waals surface area contributed by atoms with Gasteiger partial charge in [-0.15, -0.1) is 17.5 Å². The summed E-state index contributed by atoms with van der Waals surface area (Å²) in [5.41, 5.74) is 5.26. The first-order valence-corrected chi connectivity index (χ1v) is 5.04. The topological polar surface area (TPSA) is 110 Å². The van der Waals surface area contributed by atoms with Gasteiger partial charge < -0.3 is 5.73 Å². The number of hydrogen-bond acceptors (Lipinski definition) is 5. The molecule has 0 bridgehead atoms. The summed E-state index contributed by atoms with van der Waals surface area (Å²) in [4.78, 5) is 11.8. The quantitative estimate of drug-likeness (QED) is 0.692. The number of nitrogens with two attached hydrogens (primary N) is 1. The van der Waals surface area contributed by atoms with Crippen molar-refractivity contribution in [1.29, 1.82) is 0 Å². The lowest BCUT2D eigenvalue weighted by Crippen LogP contribution is -2.52. The molecule has 0 saturated heterocycles. The van der Waals surface area contributed by atoms with E-state index in [0.717, 1.165) is 32.1 Å². The molecule has 1 fully saturated rings. The maximum absolute atomic E-state index is 11.8. The Morgan fingerprint density at radius 3 is 2.62 bits per heavy atom. The van der Waals surface area contributed by atoms with Crippen molar-refractivity contribution in [2.45, 2.75) is 37.6 Å². The standard InChI is InChI=1S/C8H14N6O.ClH/c9-8(4-2-1-3-5-8)6(15)10-7-11-13-14-12-7;/h1-5,9H2,(H2,10,11,12,13,14,15);1H. The number of amides is 1. The average molecular weight is 247 g/mol. The number of carbonyl (C=O) groups is 1. The first kappa shape index (κ1) is 12.9. The third-order valence-electron chi connectivity index (χ3n) is 2.77. The highest BCUT2D eigenvalue weighted by Crippen LogP contribution is 2.26. The van der Waals surface area contributed by atoms with Gasteiger partial charge in [0.25, 0.3) is 5.95 Å². The van der Waals surface area contributed by atoms with E-state index in [9.17, 15) is 4.79 Å². The maximum atomic E-state index is 11.8. The molecule has 1 amide bonds. The van der Waals surface area contributed by atoms with Gasteiger partial charge in [-0.3, -0.25) is 10.1 Å². The van der Waals surface area contributed by atoms with Crippen LogP contribution in [0.5, 0.6) is 0 Å². The number of nitrogens with zero attached hydrogens (tertiary/aromatic N) is 3. The fraction of sp³-hybridized carbons (Fsp3) is 0.750. The number of tetrazole rings is 1. The first-order valence-electron chi connectivity index (χ1n) is 5.04. The van der Waals surface area contributed by atoms with Crippen LogP contribution in [0.1, 0.15) is 32.1 Å². The fourth-order valence-corrected chi connectivity index (χ4v) is 1.85. The summed E-state index contributed by atoms with van der Waals surface area (Å²) in [5.74, 6) is -0.0426. The number of anilines is 1. The van der Waals surface area contributed by atoms with Gasteiger partial charge >= 0.3 is 0 Å². The van der Waals surface area contributed by atoms with Crippen molar-refractivity contribution in [3.8, 4) is 0 Å². The zero-order valence-electron chi connectivity index (χ0n) is 8.77. The number of rotatable bonds is 2. The van der Waals surface area contributed by atoms with Gasteiger partial charge in [-0.1, -0.05) is 24.4 Å². The summed E-state index contributed by atoms with van der Waals surface area (Å²) in [6.07, 6.45) is 4.58. The molecule has 0 radical (unpaired) electrons. The Labute approximate surface area is 99.0 Å². The van der Waals surface area contributed by atoms with E-state index >= 15 is 0 Å². The third kappa shape index (κ3) is 2.67. The van der Waals surface area contributed by atoms with E-state index in [1.54, 1.807) is 0 Å². The molecule has 1 aliphatic rings. The Morgan fingerprint density at radius 2 is 2.06 bits per heavy atom. The summed E-state index contributed by atoms with van der Waals surface area (Å²) >= 11 is 0. The van der Waals surface area contributed by atoms with E-state index in [0.29, 0.717) is 0 Å². The molecule has 1 saturated carbocycles. The Morgan fingerprint density at radius 1 is 1.38 bits per heavy atom. The largest absolute Gasteiger partial charge is 0.317 e. The minimum absolute atomic E-state index is 0. The van der Waals surface area contributed by atoms with E-state index in [-0.39, 0.29) is 24.3 Å². The van der Waals surface area contributed by atoms with Crippen LogP contribution in [-0.2, 0) is 4.79 Å².